The molecule has 0 aliphatic rings. The summed E-state index contributed by atoms with van der Waals surface area (Å²) >= 11 is 1.51. The molecule has 22 heavy (non-hydrogen) atoms. The number of carbonyl (C=O) groups excluding carboxylic acids is 2. The number of hydrogen-bond donors (Lipinski definition) is 1. The molecule has 0 aliphatic heterocycles. The first-order valence-corrected chi connectivity index (χ1v) is 7.85. The highest BCUT2D eigenvalue weighted by Gasteiger charge is 2.15. The number of aromatic nitrogens is 1. The van der Waals surface area contributed by atoms with Crippen molar-refractivity contribution < 1.29 is 14.3 Å². The summed E-state index contributed by atoms with van der Waals surface area (Å²) in [5.41, 5.74) is 1.95. The molecule has 1 aromatic heterocycles. The van der Waals surface area contributed by atoms with Crippen LogP contribution in [0.25, 0.3) is 11.3 Å². The SMILES string of the molecule is COC(=O)CCC(=O)N[C@@H](C)c1nc(-c2ccccc2)cs1. The van der Waals surface area contributed by atoms with Crippen molar-refractivity contribution in [3.8, 4) is 11.3 Å². The molecule has 1 N–H and O–H groups in total. The molecule has 0 spiro atoms. The van der Waals surface area contributed by atoms with Crippen LogP contribution in [0, 0.1) is 0 Å². The van der Waals surface area contributed by atoms with Crippen LogP contribution in [0.1, 0.15) is 30.8 Å². The molecule has 5 nitrogen and oxygen atoms in total. The first-order valence-electron chi connectivity index (χ1n) is 6.97. The third-order valence-electron chi connectivity index (χ3n) is 3.12. The molecule has 2 aromatic rings. The molecule has 0 radical (unpaired) electrons. The first kappa shape index (κ1) is 16.2. The minimum atomic E-state index is -0.386. The Morgan fingerprint density at radius 1 is 1.27 bits per heavy atom. The van der Waals surface area contributed by atoms with E-state index < -0.39 is 0 Å². The van der Waals surface area contributed by atoms with E-state index in [0.717, 1.165) is 16.3 Å². The van der Waals surface area contributed by atoms with Gasteiger partial charge >= 0.3 is 5.97 Å². The molecule has 0 saturated heterocycles. The van der Waals surface area contributed by atoms with Crippen molar-refractivity contribution in [1.82, 2.24) is 10.3 Å². The van der Waals surface area contributed by atoms with Crippen LogP contribution in [0.15, 0.2) is 35.7 Å². The van der Waals surface area contributed by atoms with E-state index >= 15 is 0 Å². The quantitative estimate of drug-likeness (QED) is 0.832. The van der Waals surface area contributed by atoms with Gasteiger partial charge in [0.25, 0.3) is 0 Å². The van der Waals surface area contributed by atoms with Crippen LogP contribution in [-0.2, 0) is 14.3 Å². The Kier molecular flexibility index (Phi) is 5.66. The number of nitrogens with one attached hydrogen (secondary N) is 1. The van der Waals surface area contributed by atoms with Crippen molar-refractivity contribution in [1.29, 1.82) is 0 Å². The zero-order valence-corrected chi connectivity index (χ0v) is 13.4. The van der Waals surface area contributed by atoms with Crippen molar-refractivity contribution in [2.75, 3.05) is 7.11 Å². The van der Waals surface area contributed by atoms with E-state index in [4.69, 9.17) is 0 Å². The Balaban J connectivity index is 1.93. The molecule has 1 atom stereocenters. The van der Waals surface area contributed by atoms with Gasteiger partial charge in [-0.25, -0.2) is 4.98 Å². The van der Waals surface area contributed by atoms with Crippen molar-refractivity contribution in [2.45, 2.75) is 25.8 Å². The van der Waals surface area contributed by atoms with Gasteiger partial charge in [-0.15, -0.1) is 11.3 Å². The van der Waals surface area contributed by atoms with E-state index in [9.17, 15) is 9.59 Å². The number of amides is 1. The Hall–Kier alpha value is -2.21. The topological polar surface area (TPSA) is 68.3 Å². The standard InChI is InChI=1S/C16H18N2O3S/c1-11(17-14(19)8-9-15(20)21-2)16-18-13(10-22-16)12-6-4-3-5-7-12/h3-7,10-11H,8-9H2,1-2H3,(H,17,19)/t11-/m0/s1. The molecule has 0 fully saturated rings. The average molecular weight is 318 g/mol. The maximum absolute atomic E-state index is 11.8. The van der Waals surface area contributed by atoms with Gasteiger partial charge in [0.2, 0.25) is 5.91 Å². The summed E-state index contributed by atoms with van der Waals surface area (Å²) in [6, 6.07) is 9.70. The number of carbonyl (C=O) groups is 2. The summed E-state index contributed by atoms with van der Waals surface area (Å²) in [6.07, 6.45) is 0.204. The lowest BCUT2D eigenvalue weighted by Crippen LogP contribution is -2.27. The molecule has 1 aromatic carbocycles. The van der Waals surface area contributed by atoms with Gasteiger partial charge in [-0.2, -0.15) is 0 Å². The minimum absolute atomic E-state index is 0.0855. The second-order valence-electron chi connectivity index (χ2n) is 4.80. The molecular formula is C16H18N2O3S. The number of methoxy groups -OCH3 is 1. The summed E-state index contributed by atoms with van der Waals surface area (Å²) in [6.45, 7) is 1.88. The molecule has 6 heteroatoms. The molecule has 1 heterocycles. The number of esters is 1. The number of thiazole rings is 1. The van der Waals surface area contributed by atoms with Gasteiger partial charge in [-0.3, -0.25) is 9.59 Å². The highest BCUT2D eigenvalue weighted by molar-refractivity contribution is 7.10. The van der Waals surface area contributed by atoms with Gasteiger partial charge in [-0.05, 0) is 6.92 Å². The van der Waals surface area contributed by atoms with E-state index in [1.165, 1.54) is 18.4 Å². The van der Waals surface area contributed by atoms with E-state index in [-0.39, 0.29) is 30.8 Å². The number of benzene rings is 1. The van der Waals surface area contributed by atoms with Crippen LogP contribution in [0.5, 0.6) is 0 Å². The third kappa shape index (κ3) is 4.39. The van der Waals surface area contributed by atoms with E-state index in [0.29, 0.717) is 0 Å². The van der Waals surface area contributed by atoms with E-state index in [1.807, 2.05) is 42.6 Å². The molecule has 0 saturated carbocycles. The predicted molar refractivity (Wildman–Crippen MR) is 85.4 cm³/mol. The minimum Gasteiger partial charge on any atom is -0.469 e. The summed E-state index contributed by atoms with van der Waals surface area (Å²) < 4.78 is 4.51. The van der Waals surface area contributed by atoms with Gasteiger partial charge in [0.1, 0.15) is 5.01 Å². The zero-order chi connectivity index (χ0) is 15.9. The molecule has 0 bridgehead atoms. The second kappa shape index (κ2) is 7.70. The Bertz CT molecular complexity index is 640. The molecular weight excluding hydrogens is 300 g/mol. The third-order valence-corrected chi connectivity index (χ3v) is 4.15. The maximum Gasteiger partial charge on any atom is 0.306 e. The molecule has 0 aliphatic carbocycles. The monoisotopic (exact) mass is 318 g/mol. The molecule has 0 unspecified atom stereocenters. The highest BCUT2D eigenvalue weighted by Crippen LogP contribution is 2.25. The zero-order valence-electron chi connectivity index (χ0n) is 12.5. The van der Waals surface area contributed by atoms with Crippen LogP contribution < -0.4 is 5.32 Å². The van der Waals surface area contributed by atoms with Crippen molar-refractivity contribution in [3.63, 3.8) is 0 Å². The lowest BCUT2D eigenvalue weighted by atomic mass is 10.2. The van der Waals surface area contributed by atoms with Crippen LogP contribution in [0.2, 0.25) is 0 Å². The maximum atomic E-state index is 11.8. The number of ether oxygens (including phenoxy) is 1. The van der Waals surface area contributed by atoms with Gasteiger partial charge in [0.05, 0.1) is 25.3 Å². The van der Waals surface area contributed by atoms with E-state index in [1.54, 1.807) is 0 Å². The van der Waals surface area contributed by atoms with Crippen molar-refractivity contribution in [3.05, 3.63) is 40.7 Å². The lowest BCUT2D eigenvalue weighted by Gasteiger charge is -2.10. The van der Waals surface area contributed by atoms with Crippen LogP contribution >= 0.6 is 11.3 Å². The first-order chi connectivity index (χ1) is 10.6. The Morgan fingerprint density at radius 2 is 2.00 bits per heavy atom. The van der Waals surface area contributed by atoms with Crippen LogP contribution in [-0.4, -0.2) is 24.0 Å². The largest absolute Gasteiger partial charge is 0.469 e. The molecule has 116 valence electrons. The van der Waals surface area contributed by atoms with Crippen molar-refractivity contribution >= 4 is 23.2 Å². The normalized spacial score (nSPS) is 11.7. The van der Waals surface area contributed by atoms with Gasteiger partial charge in [0, 0.05) is 17.4 Å². The fraction of sp³-hybridized carbons (Fsp3) is 0.312. The number of hydrogen-bond acceptors (Lipinski definition) is 5. The molecule has 2 rings (SSSR count). The van der Waals surface area contributed by atoms with Gasteiger partial charge in [0.15, 0.2) is 0 Å². The average Bonchev–Trinajstić information content (AvgIpc) is 3.03. The van der Waals surface area contributed by atoms with E-state index in [2.05, 4.69) is 15.0 Å². The summed E-state index contributed by atoms with van der Waals surface area (Å²) in [7, 11) is 1.31. The summed E-state index contributed by atoms with van der Waals surface area (Å²) in [5.74, 6) is -0.572. The second-order valence-corrected chi connectivity index (χ2v) is 5.69. The Morgan fingerprint density at radius 3 is 2.68 bits per heavy atom. The summed E-state index contributed by atoms with van der Waals surface area (Å²) in [4.78, 5) is 27.4. The predicted octanol–water partition coefficient (Wildman–Crippen LogP) is 2.94. The number of nitrogens with zero attached hydrogens (tertiary/aromatic N) is 1. The Labute approximate surface area is 133 Å². The smallest absolute Gasteiger partial charge is 0.306 e. The molecule has 1 amide bonds. The highest BCUT2D eigenvalue weighted by atomic mass is 32.1. The van der Waals surface area contributed by atoms with Crippen LogP contribution in [0.3, 0.4) is 0 Å². The summed E-state index contributed by atoms with van der Waals surface area (Å²) in [5, 5.41) is 5.65. The lowest BCUT2D eigenvalue weighted by molar-refractivity contribution is -0.142. The van der Waals surface area contributed by atoms with Gasteiger partial charge < -0.3 is 10.1 Å². The van der Waals surface area contributed by atoms with Crippen molar-refractivity contribution in [2.24, 2.45) is 0 Å². The van der Waals surface area contributed by atoms with Crippen LogP contribution in [0.4, 0.5) is 0 Å². The van der Waals surface area contributed by atoms with Gasteiger partial charge in [-0.1, -0.05) is 30.3 Å². The number of rotatable bonds is 6. The fourth-order valence-electron chi connectivity index (χ4n) is 1.92. The fourth-order valence-corrected chi connectivity index (χ4v) is 2.76.